The Morgan fingerprint density at radius 1 is 1.50 bits per heavy atom. The maximum absolute atomic E-state index is 5.68. The third-order valence-electron chi connectivity index (χ3n) is 1.71. The number of fused-ring (bicyclic) bond motifs is 1. The number of nitrogens with two attached hydrogens (primary N) is 2. The Morgan fingerprint density at radius 3 is 3.00 bits per heavy atom. The zero-order valence-corrected chi connectivity index (χ0v) is 7.27. The minimum absolute atomic E-state index is 0.568. The zero-order valence-electron chi connectivity index (χ0n) is 6.45. The van der Waals surface area contributed by atoms with Gasteiger partial charge in [-0.15, -0.1) is 11.3 Å². The van der Waals surface area contributed by atoms with Crippen LogP contribution in [0.2, 0.25) is 0 Å². The van der Waals surface area contributed by atoms with Crippen molar-refractivity contribution in [2.24, 2.45) is 5.73 Å². The molecule has 4 heteroatoms. The smallest absolute Gasteiger partial charge is 0.141 e. The molecule has 0 bridgehead atoms. The molecule has 3 nitrogen and oxygen atoms in total. The molecule has 0 amide bonds. The van der Waals surface area contributed by atoms with Crippen LogP contribution in [0.4, 0.5) is 5.82 Å². The largest absolute Gasteiger partial charge is 0.383 e. The monoisotopic (exact) mass is 179 g/mol. The van der Waals surface area contributed by atoms with Gasteiger partial charge in [-0.25, -0.2) is 4.98 Å². The lowest BCUT2D eigenvalue weighted by Crippen LogP contribution is -1.91. The lowest BCUT2D eigenvalue weighted by Gasteiger charge is -1.90. The van der Waals surface area contributed by atoms with Crippen LogP contribution in [0.25, 0.3) is 10.1 Å². The van der Waals surface area contributed by atoms with Crippen molar-refractivity contribution in [3.8, 4) is 0 Å². The van der Waals surface area contributed by atoms with Crippen molar-refractivity contribution in [3.05, 3.63) is 23.2 Å². The van der Waals surface area contributed by atoms with Gasteiger partial charge in [-0.1, -0.05) is 0 Å². The summed E-state index contributed by atoms with van der Waals surface area (Å²) >= 11 is 1.61. The molecule has 62 valence electrons. The van der Waals surface area contributed by atoms with E-state index in [1.54, 1.807) is 17.5 Å². The maximum atomic E-state index is 5.68. The summed E-state index contributed by atoms with van der Waals surface area (Å²) in [4.78, 5) is 5.15. The van der Waals surface area contributed by atoms with Crippen LogP contribution in [-0.4, -0.2) is 4.98 Å². The molecule has 0 saturated carbocycles. The predicted octanol–water partition coefficient (Wildman–Crippen LogP) is 1.34. The number of nitrogen functional groups attached to an aromatic ring is 1. The van der Waals surface area contributed by atoms with Crippen molar-refractivity contribution < 1.29 is 0 Å². The molecule has 12 heavy (non-hydrogen) atoms. The number of rotatable bonds is 1. The molecule has 2 aromatic heterocycles. The quantitative estimate of drug-likeness (QED) is 0.694. The first-order valence-corrected chi connectivity index (χ1v) is 4.46. The molecule has 0 atom stereocenters. The van der Waals surface area contributed by atoms with E-state index in [1.165, 1.54) is 0 Å². The van der Waals surface area contributed by atoms with Gasteiger partial charge < -0.3 is 11.5 Å². The molecule has 0 spiro atoms. The molecule has 0 aliphatic carbocycles. The van der Waals surface area contributed by atoms with E-state index in [1.807, 2.05) is 6.07 Å². The molecule has 4 N–H and O–H groups in total. The Balaban J connectivity index is 2.74. The van der Waals surface area contributed by atoms with Crippen LogP contribution in [0, 0.1) is 0 Å². The number of thiophene rings is 1. The van der Waals surface area contributed by atoms with Gasteiger partial charge in [-0.2, -0.15) is 0 Å². The SMILES string of the molecule is NCc1cc2ccnc(N)c2s1. The number of hydrogen-bond acceptors (Lipinski definition) is 4. The van der Waals surface area contributed by atoms with Crippen LogP contribution in [-0.2, 0) is 6.54 Å². The van der Waals surface area contributed by atoms with Gasteiger partial charge in [0.2, 0.25) is 0 Å². The van der Waals surface area contributed by atoms with Crippen molar-refractivity contribution in [2.75, 3.05) is 5.73 Å². The predicted molar refractivity (Wildman–Crippen MR) is 51.9 cm³/mol. The van der Waals surface area contributed by atoms with Crippen LogP contribution in [0.5, 0.6) is 0 Å². The first-order valence-electron chi connectivity index (χ1n) is 3.64. The van der Waals surface area contributed by atoms with Crippen LogP contribution in [0.1, 0.15) is 4.88 Å². The average molecular weight is 179 g/mol. The van der Waals surface area contributed by atoms with Crippen molar-refractivity contribution in [1.82, 2.24) is 4.98 Å². The highest BCUT2D eigenvalue weighted by atomic mass is 32.1. The molecule has 0 saturated heterocycles. The van der Waals surface area contributed by atoms with Crippen molar-refractivity contribution in [1.29, 1.82) is 0 Å². The molecule has 2 aromatic rings. The van der Waals surface area contributed by atoms with Gasteiger partial charge in [-0.3, -0.25) is 0 Å². The molecule has 0 aliphatic heterocycles. The Labute approximate surface area is 74.0 Å². The first kappa shape index (κ1) is 7.52. The fourth-order valence-electron chi connectivity index (χ4n) is 1.14. The highest BCUT2D eigenvalue weighted by Gasteiger charge is 2.02. The van der Waals surface area contributed by atoms with Gasteiger partial charge >= 0.3 is 0 Å². The Kier molecular flexibility index (Phi) is 1.71. The molecule has 0 aliphatic rings. The molecular formula is C8H9N3S. The van der Waals surface area contributed by atoms with Crippen LogP contribution >= 0.6 is 11.3 Å². The number of pyridine rings is 1. The summed E-state index contributed by atoms with van der Waals surface area (Å²) in [6.45, 7) is 0.568. The minimum atomic E-state index is 0.568. The first-order chi connectivity index (χ1) is 5.81. The molecule has 0 radical (unpaired) electrons. The highest BCUT2D eigenvalue weighted by Crippen LogP contribution is 2.28. The fourth-order valence-corrected chi connectivity index (χ4v) is 2.07. The summed E-state index contributed by atoms with van der Waals surface area (Å²) in [5.74, 6) is 0.595. The van der Waals surface area contributed by atoms with Crippen LogP contribution < -0.4 is 11.5 Å². The molecule has 2 heterocycles. The van der Waals surface area contributed by atoms with E-state index in [2.05, 4.69) is 11.1 Å². The third-order valence-corrected chi connectivity index (χ3v) is 2.91. The van der Waals surface area contributed by atoms with Gasteiger partial charge in [0.05, 0.1) is 4.70 Å². The van der Waals surface area contributed by atoms with E-state index < -0.39 is 0 Å². The normalized spacial score (nSPS) is 10.8. The van der Waals surface area contributed by atoms with Crippen molar-refractivity contribution >= 4 is 27.2 Å². The maximum Gasteiger partial charge on any atom is 0.141 e. The lowest BCUT2D eigenvalue weighted by atomic mass is 10.3. The number of nitrogens with zero attached hydrogens (tertiary/aromatic N) is 1. The second kappa shape index (κ2) is 2.73. The summed E-state index contributed by atoms with van der Waals surface area (Å²) in [5, 5.41) is 1.13. The standard InChI is InChI=1S/C8H9N3S/c9-4-6-3-5-1-2-11-8(10)7(5)12-6/h1-3H,4,9H2,(H2,10,11). The number of anilines is 1. The van der Waals surface area contributed by atoms with Crippen molar-refractivity contribution in [2.45, 2.75) is 6.54 Å². The molecule has 0 aromatic carbocycles. The van der Waals surface area contributed by atoms with Gasteiger partial charge in [0.25, 0.3) is 0 Å². The van der Waals surface area contributed by atoms with E-state index in [-0.39, 0.29) is 0 Å². The average Bonchev–Trinajstić information content (AvgIpc) is 2.49. The third kappa shape index (κ3) is 1.05. The summed E-state index contributed by atoms with van der Waals surface area (Å²) in [6, 6.07) is 4.00. The van der Waals surface area contributed by atoms with Gasteiger partial charge in [0.1, 0.15) is 5.82 Å². The van der Waals surface area contributed by atoms with Crippen LogP contribution in [0.15, 0.2) is 18.3 Å². The van der Waals surface area contributed by atoms with E-state index in [0.29, 0.717) is 12.4 Å². The summed E-state index contributed by atoms with van der Waals surface area (Å²) in [7, 11) is 0. The van der Waals surface area contributed by atoms with E-state index in [4.69, 9.17) is 11.5 Å². The zero-order chi connectivity index (χ0) is 8.55. The van der Waals surface area contributed by atoms with Gasteiger partial charge in [0.15, 0.2) is 0 Å². The molecule has 0 unspecified atom stereocenters. The second-order valence-electron chi connectivity index (χ2n) is 2.53. The number of hydrogen-bond donors (Lipinski definition) is 2. The summed E-state index contributed by atoms with van der Waals surface area (Å²) in [6.07, 6.45) is 1.71. The van der Waals surface area contributed by atoms with E-state index in [0.717, 1.165) is 15.0 Å². The molecule has 0 fully saturated rings. The van der Waals surface area contributed by atoms with Gasteiger partial charge in [-0.05, 0) is 17.5 Å². The van der Waals surface area contributed by atoms with E-state index in [9.17, 15) is 0 Å². The fraction of sp³-hybridized carbons (Fsp3) is 0.125. The summed E-state index contributed by atoms with van der Waals surface area (Å²) < 4.78 is 1.04. The lowest BCUT2D eigenvalue weighted by molar-refractivity contribution is 1.11. The molecule has 2 rings (SSSR count). The van der Waals surface area contributed by atoms with Crippen LogP contribution in [0.3, 0.4) is 0 Å². The molecular weight excluding hydrogens is 170 g/mol. The Morgan fingerprint density at radius 2 is 2.33 bits per heavy atom. The second-order valence-corrected chi connectivity index (χ2v) is 3.67. The topological polar surface area (TPSA) is 64.9 Å². The Bertz CT molecular complexity index is 408. The number of aromatic nitrogens is 1. The minimum Gasteiger partial charge on any atom is -0.383 e. The van der Waals surface area contributed by atoms with Gasteiger partial charge in [0, 0.05) is 17.6 Å². The van der Waals surface area contributed by atoms with E-state index >= 15 is 0 Å². The summed E-state index contributed by atoms with van der Waals surface area (Å²) in [5.41, 5.74) is 11.2. The highest BCUT2D eigenvalue weighted by molar-refractivity contribution is 7.19. The Hall–Kier alpha value is -1.13. The van der Waals surface area contributed by atoms with Crippen molar-refractivity contribution in [3.63, 3.8) is 0 Å².